The molecular formula is C20H22ClN3O5S2. The number of esters is 1. The van der Waals surface area contributed by atoms with Crippen molar-refractivity contribution in [1.82, 2.24) is 9.21 Å². The molecule has 0 unspecified atom stereocenters. The maximum absolute atomic E-state index is 12.7. The van der Waals surface area contributed by atoms with Crippen LogP contribution in [0, 0.1) is 0 Å². The molecule has 11 heteroatoms. The van der Waals surface area contributed by atoms with Crippen LogP contribution in [-0.2, 0) is 19.6 Å². The van der Waals surface area contributed by atoms with Crippen molar-refractivity contribution in [2.24, 2.45) is 0 Å². The van der Waals surface area contributed by atoms with Gasteiger partial charge < -0.3 is 15.4 Å². The number of hydrogen-bond donors (Lipinski definition) is 1. The summed E-state index contributed by atoms with van der Waals surface area (Å²) >= 11 is 7.23. The molecule has 0 radical (unpaired) electrons. The molecule has 1 heterocycles. The zero-order valence-electron chi connectivity index (χ0n) is 16.8. The molecule has 1 saturated heterocycles. The number of piperazine rings is 1. The molecule has 2 N–H and O–H groups in total. The van der Waals surface area contributed by atoms with Gasteiger partial charge in [0, 0.05) is 41.8 Å². The fourth-order valence-corrected chi connectivity index (χ4v) is 5.17. The van der Waals surface area contributed by atoms with Gasteiger partial charge in [-0.05, 0) is 48.7 Å². The van der Waals surface area contributed by atoms with Gasteiger partial charge in [-0.2, -0.15) is 4.31 Å². The number of benzene rings is 2. The van der Waals surface area contributed by atoms with Crippen LogP contribution in [-0.4, -0.2) is 68.5 Å². The van der Waals surface area contributed by atoms with E-state index in [4.69, 9.17) is 22.1 Å². The van der Waals surface area contributed by atoms with Crippen molar-refractivity contribution >= 4 is 50.9 Å². The molecule has 1 aliphatic rings. The molecule has 31 heavy (non-hydrogen) atoms. The predicted molar refractivity (Wildman–Crippen MR) is 120 cm³/mol. The van der Waals surface area contributed by atoms with Crippen molar-refractivity contribution < 1.29 is 22.7 Å². The number of nitrogens with two attached hydrogens (primary N) is 1. The number of ether oxygens (including phenoxy) is 1. The van der Waals surface area contributed by atoms with E-state index < -0.39 is 22.6 Å². The number of hydrogen-bond acceptors (Lipinski definition) is 7. The minimum atomic E-state index is -3.66. The quantitative estimate of drug-likeness (QED) is 0.381. The Hall–Kier alpha value is -2.27. The molecule has 1 amide bonds. The van der Waals surface area contributed by atoms with Crippen LogP contribution in [0.5, 0.6) is 0 Å². The summed E-state index contributed by atoms with van der Waals surface area (Å²) in [5, 5.41) is 0.451. The number of thioether (sulfide) groups is 1. The second-order valence-electron chi connectivity index (χ2n) is 6.77. The smallest absolute Gasteiger partial charge is 0.338 e. The monoisotopic (exact) mass is 483 g/mol. The first-order chi connectivity index (χ1) is 14.7. The molecule has 1 aliphatic heterocycles. The zero-order valence-corrected chi connectivity index (χ0v) is 19.2. The van der Waals surface area contributed by atoms with Crippen molar-refractivity contribution in [3.05, 3.63) is 53.1 Å². The third kappa shape index (κ3) is 5.51. The van der Waals surface area contributed by atoms with E-state index in [0.717, 1.165) is 4.90 Å². The highest BCUT2D eigenvalue weighted by Crippen LogP contribution is 2.24. The van der Waals surface area contributed by atoms with Gasteiger partial charge >= 0.3 is 5.97 Å². The number of amides is 1. The highest BCUT2D eigenvalue weighted by atomic mass is 35.5. The average molecular weight is 484 g/mol. The van der Waals surface area contributed by atoms with Crippen molar-refractivity contribution in [2.75, 3.05) is 44.8 Å². The first-order valence-electron chi connectivity index (χ1n) is 9.36. The van der Waals surface area contributed by atoms with Crippen molar-refractivity contribution in [2.45, 2.75) is 9.79 Å². The first-order valence-corrected chi connectivity index (χ1v) is 12.4. The van der Waals surface area contributed by atoms with Gasteiger partial charge in [-0.25, -0.2) is 13.2 Å². The van der Waals surface area contributed by atoms with Gasteiger partial charge in [0.2, 0.25) is 10.0 Å². The van der Waals surface area contributed by atoms with Crippen LogP contribution in [0.25, 0.3) is 0 Å². The number of anilines is 1. The van der Waals surface area contributed by atoms with Crippen LogP contribution in [0.15, 0.2) is 52.3 Å². The second-order valence-corrected chi connectivity index (χ2v) is 9.99. The van der Waals surface area contributed by atoms with Gasteiger partial charge in [0.15, 0.2) is 6.61 Å². The fourth-order valence-electron chi connectivity index (χ4n) is 3.07. The summed E-state index contributed by atoms with van der Waals surface area (Å²) < 4.78 is 31.9. The van der Waals surface area contributed by atoms with Gasteiger partial charge in [-0.1, -0.05) is 11.6 Å². The van der Waals surface area contributed by atoms with E-state index in [1.54, 1.807) is 18.2 Å². The second kappa shape index (κ2) is 9.90. The van der Waals surface area contributed by atoms with Gasteiger partial charge in [0.1, 0.15) is 0 Å². The normalized spacial score (nSPS) is 15.0. The summed E-state index contributed by atoms with van der Waals surface area (Å²) in [6.45, 7) is 0.310. The van der Waals surface area contributed by atoms with Crippen LogP contribution in [0.3, 0.4) is 0 Å². The number of carbonyl (C=O) groups is 2. The lowest BCUT2D eigenvalue weighted by molar-refractivity contribution is -0.135. The van der Waals surface area contributed by atoms with E-state index in [2.05, 4.69) is 0 Å². The molecule has 0 aromatic heterocycles. The molecule has 1 fully saturated rings. The SMILES string of the molecule is CSc1cc(C(=O)OCC(=O)N2CCN(S(=O)(=O)c3ccc(Cl)cc3)CC2)ccc1N. The number of rotatable bonds is 6. The van der Waals surface area contributed by atoms with Crippen LogP contribution < -0.4 is 5.73 Å². The summed E-state index contributed by atoms with van der Waals surface area (Å²) in [6.07, 6.45) is 1.84. The molecule has 0 spiro atoms. The minimum absolute atomic E-state index is 0.152. The van der Waals surface area contributed by atoms with Crippen molar-refractivity contribution in [3.63, 3.8) is 0 Å². The molecule has 0 aliphatic carbocycles. The molecule has 0 atom stereocenters. The Morgan fingerprint density at radius 2 is 1.74 bits per heavy atom. The number of halogens is 1. The van der Waals surface area contributed by atoms with Crippen LogP contribution in [0.1, 0.15) is 10.4 Å². The zero-order chi connectivity index (χ0) is 22.6. The van der Waals surface area contributed by atoms with Crippen LogP contribution >= 0.6 is 23.4 Å². The van der Waals surface area contributed by atoms with Crippen LogP contribution in [0.2, 0.25) is 5.02 Å². The maximum Gasteiger partial charge on any atom is 0.338 e. The van der Waals surface area contributed by atoms with E-state index >= 15 is 0 Å². The number of nitrogens with zero attached hydrogens (tertiary/aromatic N) is 2. The molecule has 166 valence electrons. The van der Waals surface area contributed by atoms with E-state index in [1.165, 1.54) is 45.2 Å². The topological polar surface area (TPSA) is 110 Å². The highest BCUT2D eigenvalue weighted by molar-refractivity contribution is 7.98. The van der Waals surface area contributed by atoms with Gasteiger partial charge in [-0.3, -0.25) is 4.79 Å². The summed E-state index contributed by atoms with van der Waals surface area (Å²) in [6, 6.07) is 10.7. The van der Waals surface area contributed by atoms with E-state index in [0.29, 0.717) is 16.3 Å². The lowest BCUT2D eigenvalue weighted by atomic mass is 10.2. The Balaban J connectivity index is 1.53. The largest absolute Gasteiger partial charge is 0.452 e. The molecular weight excluding hydrogens is 462 g/mol. The van der Waals surface area contributed by atoms with Crippen molar-refractivity contribution in [1.29, 1.82) is 0 Å². The molecule has 0 bridgehead atoms. The third-order valence-electron chi connectivity index (χ3n) is 4.84. The van der Waals surface area contributed by atoms with Crippen molar-refractivity contribution in [3.8, 4) is 0 Å². The summed E-state index contributed by atoms with van der Waals surface area (Å²) in [5.74, 6) is -0.995. The minimum Gasteiger partial charge on any atom is -0.452 e. The summed E-state index contributed by atoms with van der Waals surface area (Å²) in [4.78, 5) is 27.0. The Morgan fingerprint density at radius 3 is 2.35 bits per heavy atom. The van der Waals surface area contributed by atoms with E-state index in [-0.39, 0.29) is 37.0 Å². The Kier molecular flexibility index (Phi) is 7.47. The lowest BCUT2D eigenvalue weighted by Gasteiger charge is -2.33. The number of sulfonamides is 1. The average Bonchev–Trinajstić information content (AvgIpc) is 2.78. The predicted octanol–water partition coefficient (Wildman–Crippen LogP) is 2.33. The fraction of sp³-hybridized carbons (Fsp3) is 0.300. The number of carbonyl (C=O) groups excluding carboxylic acids is 2. The third-order valence-corrected chi connectivity index (χ3v) is 7.80. The van der Waals surface area contributed by atoms with E-state index in [9.17, 15) is 18.0 Å². The molecule has 2 aromatic rings. The molecule has 3 rings (SSSR count). The maximum atomic E-state index is 12.7. The molecule has 8 nitrogen and oxygen atoms in total. The lowest BCUT2D eigenvalue weighted by Crippen LogP contribution is -2.51. The molecule has 2 aromatic carbocycles. The van der Waals surface area contributed by atoms with Gasteiger partial charge in [0.25, 0.3) is 5.91 Å². The Bertz CT molecular complexity index is 1070. The Labute approximate surface area is 190 Å². The van der Waals surface area contributed by atoms with Gasteiger partial charge in [0.05, 0.1) is 10.5 Å². The first kappa shape index (κ1) is 23.4. The van der Waals surface area contributed by atoms with Gasteiger partial charge in [-0.15, -0.1) is 11.8 Å². The highest BCUT2D eigenvalue weighted by Gasteiger charge is 2.30. The van der Waals surface area contributed by atoms with E-state index in [1.807, 2.05) is 6.26 Å². The summed E-state index contributed by atoms with van der Waals surface area (Å²) in [7, 11) is -3.66. The molecule has 0 saturated carbocycles. The standard InChI is InChI=1S/C20H22ClN3O5S2/c1-30-18-12-14(2-7-17(18)22)20(26)29-13-19(25)23-8-10-24(11-9-23)31(27,28)16-5-3-15(21)4-6-16/h2-7,12H,8-11,13,22H2,1H3. The number of nitrogen functional groups attached to an aromatic ring is 1. The van der Waals surface area contributed by atoms with Crippen LogP contribution in [0.4, 0.5) is 5.69 Å². The Morgan fingerprint density at radius 1 is 1.10 bits per heavy atom. The summed E-state index contributed by atoms with van der Waals surface area (Å²) in [5.41, 5.74) is 6.69.